The monoisotopic (exact) mass is 315 g/mol. The van der Waals surface area contributed by atoms with E-state index in [2.05, 4.69) is 36.2 Å². The summed E-state index contributed by atoms with van der Waals surface area (Å²) < 4.78 is 19.1. The number of hydrogen-bond acceptors (Lipinski definition) is 2. The SMILES string of the molecule is CCCCCc1ccc(CCc2ccc(OCC)nc2F)cc1. The van der Waals surface area contributed by atoms with Crippen LogP contribution in [0.5, 0.6) is 5.88 Å². The van der Waals surface area contributed by atoms with Crippen LogP contribution in [0.4, 0.5) is 4.39 Å². The standard InChI is InChI=1S/C20H26FNO/c1-3-5-6-7-16-8-10-17(11-9-16)12-13-18-14-15-19(23-4-2)22-20(18)21/h8-11,14-15H,3-7,12-13H2,1-2H3. The Morgan fingerprint density at radius 1 is 0.870 bits per heavy atom. The first-order chi connectivity index (χ1) is 11.2. The number of hydrogen-bond donors (Lipinski definition) is 0. The van der Waals surface area contributed by atoms with Crippen molar-refractivity contribution in [2.45, 2.75) is 52.4 Å². The average Bonchev–Trinajstić information content (AvgIpc) is 2.56. The van der Waals surface area contributed by atoms with Crippen LogP contribution in [-0.4, -0.2) is 11.6 Å². The van der Waals surface area contributed by atoms with Gasteiger partial charge in [0, 0.05) is 11.6 Å². The van der Waals surface area contributed by atoms with Gasteiger partial charge in [-0.3, -0.25) is 0 Å². The normalized spacial score (nSPS) is 10.7. The topological polar surface area (TPSA) is 22.1 Å². The summed E-state index contributed by atoms with van der Waals surface area (Å²) in [5.74, 6) is -0.0719. The highest BCUT2D eigenvalue weighted by Gasteiger charge is 2.06. The second kappa shape index (κ2) is 9.29. The number of ether oxygens (including phenoxy) is 1. The summed E-state index contributed by atoms with van der Waals surface area (Å²) in [7, 11) is 0. The number of unbranched alkanes of at least 4 members (excludes halogenated alkanes) is 2. The molecule has 1 heterocycles. The molecule has 0 amide bonds. The molecule has 2 nitrogen and oxygen atoms in total. The number of nitrogens with zero attached hydrogens (tertiary/aromatic N) is 1. The molecule has 0 radical (unpaired) electrons. The van der Waals surface area contributed by atoms with Gasteiger partial charge in [-0.05, 0) is 49.8 Å². The van der Waals surface area contributed by atoms with Crippen LogP contribution >= 0.6 is 0 Å². The van der Waals surface area contributed by atoms with Crippen molar-refractivity contribution in [3.05, 3.63) is 59.0 Å². The summed E-state index contributed by atoms with van der Waals surface area (Å²) in [6.07, 6.45) is 6.40. The molecule has 0 atom stereocenters. The van der Waals surface area contributed by atoms with Crippen LogP contribution in [0.25, 0.3) is 0 Å². The predicted octanol–water partition coefficient (Wildman–Crippen LogP) is 5.14. The second-order valence-electron chi connectivity index (χ2n) is 5.81. The van der Waals surface area contributed by atoms with Gasteiger partial charge in [0.1, 0.15) is 0 Å². The molecule has 0 bridgehead atoms. The zero-order valence-corrected chi connectivity index (χ0v) is 14.1. The maximum absolute atomic E-state index is 13.9. The summed E-state index contributed by atoms with van der Waals surface area (Å²) >= 11 is 0. The summed E-state index contributed by atoms with van der Waals surface area (Å²) in [4.78, 5) is 3.84. The van der Waals surface area contributed by atoms with E-state index in [-0.39, 0.29) is 0 Å². The Kier molecular flexibility index (Phi) is 7.05. The van der Waals surface area contributed by atoms with Crippen molar-refractivity contribution in [2.75, 3.05) is 6.61 Å². The molecule has 0 unspecified atom stereocenters. The van der Waals surface area contributed by atoms with Crippen LogP contribution in [-0.2, 0) is 19.3 Å². The molecule has 0 fully saturated rings. The summed E-state index contributed by atoms with van der Waals surface area (Å²) in [6.45, 7) is 4.58. The minimum absolute atomic E-state index is 0.352. The minimum atomic E-state index is -0.424. The molecular weight excluding hydrogens is 289 g/mol. The Bertz CT molecular complexity index is 595. The van der Waals surface area contributed by atoms with E-state index >= 15 is 0 Å². The zero-order chi connectivity index (χ0) is 16.5. The molecule has 0 aliphatic rings. The molecular formula is C20H26FNO. The van der Waals surface area contributed by atoms with Crippen molar-refractivity contribution < 1.29 is 9.13 Å². The number of aryl methyl sites for hydroxylation is 3. The van der Waals surface area contributed by atoms with Crippen LogP contribution in [0.1, 0.15) is 49.8 Å². The van der Waals surface area contributed by atoms with Crippen LogP contribution in [0, 0.1) is 5.95 Å². The molecule has 0 aliphatic carbocycles. The third-order valence-electron chi connectivity index (χ3n) is 3.97. The molecule has 2 aromatic rings. The van der Waals surface area contributed by atoms with Gasteiger partial charge >= 0.3 is 0 Å². The Hall–Kier alpha value is -1.90. The average molecular weight is 315 g/mol. The Labute approximate surface area is 138 Å². The first-order valence-corrected chi connectivity index (χ1v) is 8.59. The van der Waals surface area contributed by atoms with Gasteiger partial charge < -0.3 is 4.74 Å². The molecule has 3 heteroatoms. The fraction of sp³-hybridized carbons (Fsp3) is 0.450. The summed E-state index contributed by atoms with van der Waals surface area (Å²) in [5, 5.41) is 0. The van der Waals surface area contributed by atoms with Gasteiger partial charge in [-0.15, -0.1) is 0 Å². The highest BCUT2D eigenvalue weighted by atomic mass is 19.1. The van der Waals surface area contributed by atoms with E-state index in [0.29, 0.717) is 24.5 Å². The Balaban J connectivity index is 1.88. The predicted molar refractivity (Wildman–Crippen MR) is 92.4 cm³/mol. The first-order valence-electron chi connectivity index (χ1n) is 8.59. The van der Waals surface area contributed by atoms with E-state index in [1.54, 1.807) is 12.1 Å². The van der Waals surface area contributed by atoms with Gasteiger partial charge in [-0.25, -0.2) is 0 Å². The van der Waals surface area contributed by atoms with E-state index in [0.717, 1.165) is 12.8 Å². The fourth-order valence-electron chi connectivity index (χ4n) is 2.59. The van der Waals surface area contributed by atoms with E-state index in [1.807, 2.05) is 6.92 Å². The van der Waals surface area contributed by atoms with E-state index in [9.17, 15) is 4.39 Å². The maximum Gasteiger partial charge on any atom is 0.219 e. The van der Waals surface area contributed by atoms with Crippen molar-refractivity contribution in [2.24, 2.45) is 0 Å². The van der Waals surface area contributed by atoms with Gasteiger partial charge in [0.05, 0.1) is 6.61 Å². The number of benzene rings is 1. The van der Waals surface area contributed by atoms with E-state index in [4.69, 9.17) is 4.74 Å². The van der Waals surface area contributed by atoms with Crippen molar-refractivity contribution in [1.29, 1.82) is 0 Å². The van der Waals surface area contributed by atoms with Crippen LogP contribution in [0.3, 0.4) is 0 Å². The third kappa shape index (κ3) is 5.66. The van der Waals surface area contributed by atoms with Crippen molar-refractivity contribution >= 4 is 0 Å². The smallest absolute Gasteiger partial charge is 0.219 e. The second-order valence-corrected chi connectivity index (χ2v) is 5.81. The van der Waals surface area contributed by atoms with Crippen molar-refractivity contribution in [3.63, 3.8) is 0 Å². The van der Waals surface area contributed by atoms with Crippen LogP contribution < -0.4 is 4.74 Å². The number of pyridine rings is 1. The highest BCUT2D eigenvalue weighted by Crippen LogP contribution is 2.15. The van der Waals surface area contributed by atoms with Crippen LogP contribution in [0.2, 0.25) is 0 Å². The molecule has 1 aromatic heterocycles. The maximum atomic E-state index is 13.9. The lowest BCUT2D eigenvalue weighted by Gasteiger charge is -2.07. The molecule has 0 saturated heterocycles. The largest absolute Gasteiger partial charge is 0.478 e. The molecule has 0 saturated carbocycles. The molecule has 124 valence electrons. The number of aromatic nitrogens is 1. The molecule has 2 rings (SSSR count). The molecule has 0 aliphatic heterocycles. The van der Waals surface area contributed by atoms with Crippen molar-refractivity contribution in [3.8, 4) is 5.88 Å². The lowest BCUT2D eigenvalue weighted by Crippen LogP contribution is -2.01. The van der Waals surface area contributed by atoms with Gasteiger partial charge in [-0.2, -0.15) is 9.37 Å². The summed E-state index contributed by atoms with van der Waals surface area (Å²) in [6, 6.07) is 12.2. The number of rotatable bonds is 9. The van der Waals surface area contributed by atoms with Gasteiger partial charge in [-0.1, -0.05) is 44.0 Å². The lowest BCUT2D eigenvalue weighted by molar-refractivity contribution is 0.320. The van der Waals surface area contributed by atoms with Gasteiger partial charge in [0.2, 0.25) is 11.8 Å². The Morgan fingerprint density at radius 2 is 1.57 bits per heavy atom. The van der Waals surface area contributed by atoms with Gasteiger partial charge in [0.25, 0.3) is 0 Å². The quantitative estimate of drug-likeness (QED) is 0.472. The molecule has 0 N–H and O–H groups in total. The molecule has 23 heavy (non-hydrogen) atoms. The minimum Gasteiger partial charge on any atom is -0.478 e. The zero-order valence-electron chi connectivity index (χ0n) is 14.1. The lowest BCUT2D eigenvalue weighted by atomic mass is 10.0. The first kappa shape index (κ1) is 17.5. The van der Waals surface area contributed by atoms with E-state index in [1.165, 1.54) is 30.4 Å². The number of halogens is 1. The van der Waals surface area contributed by atoms with E-state index < -0.39 is 5.95 Å². The fourth-order valence-corrected chi connectivity index (χ4v) is 2.59. The molecule has 0 spiro atoms. The summed E-state index contributed by atoms with van der Waals surface area (Å²) in [5.41, 5.74) is 3.26. The Morgan fingerprint density at radius 3 is 2.17 bits per heavy atom. The van der Waals surface area contributed by atoms with Crippen molar-refractivity contribution in [1.82, 2.24) is 4.98 Å². The highest BCUT2D eigenvalue weighted by molar-refractivity contribution is 5.25. The third-order valence-corrected chi connectivity index (χ3v) is 3.97. The van der Waals surface area contributed by atoms with Crippen LogP contribution in [0.15, 0.2) is 36.4 Å². The molecule has 1 aromatic carbocycles. The van der Waals surface area contributed by atoms with Gasteiger partial charge in [0.15, 0.2) is 0 Å².